The zero-order valence-corrected chi connectivity index (χ0v) is 18.1. The summed E-state index contributed by atoms with van der Waals surface area (Å²) in [5.41, 5.74) is 6.18. The van der Waals surface area contributed by atoms with Crippen LogP contribution in [-0.4, -0.2) is 22.9 Å². The molecular formula is C27H22FN3O. The lowest BCUT2D eigenvalue weighted by atomic mass is 9.71. The number of carbonyl (C=O) groups excluding carboxylic acids is 1. The van der Waals surface area contributed by atoms with Crippen LogP contribution in [0.2, 0.25) is 0 Å². The number of para-hydroxylation sites is 1. The van der Waals surface area contributed by atoms with Gasteiger partial charge in [-0.25, -0.2) is 4.39 Å². The summed E-state index contributed by atoms with van der Waals surface area (Å²) < 4.78 is 14.4. The zero-order valence-electron chi connectivity index (χ0n) is 18.1. The number of benzene rings is 3. The maximum atomic E-state index is 14.4. The molecule has 5 heteroatoms. The third-order valence-corrected chi connectivity index (χ3v) is 7.00. The maximum Gasteiger partial charge on any atom is 0.248 e. The maximum absolute atomic E-state index is 14.4. The van der Waals surface area contributed by atoms with Crippen LogP contribution in [0.3, 0.4) is 0 Å². The highest BCUT2D eigenvalue weighted by Gasteiger charge is 2.55. The molecule has 1 aliphatic heterocycles. The second kappa shape index (κ2) is 6.33. The van der Waals surface area contributed by atoms with Crippen molar-refractivity contribution in [3.05, 3.63) is 101 Å². The molecule has 4 nitrogen and oxygen atoms in total. The van der Waals surface area contributed by atoms with Gasteiger partial charge < -0.3 is 14.9 Å². The van der Waals surface area contributed by atoms with Crippen LogP contribution in [0.15, 0.2) is 66.9 Å². The second-order valence-electron chi connectivity index (χ2n) is 8.65. The number of rotatable bonds is 2. The van der Waals surface area contributed by atoms with Gasteiger partial charge in [-0.3, -0.25) is 4.79 Å². The van der Waals surface area contributed by atoms with E-state index in [2.05, 4.69) is 29.9 Å². The molecule has 3 aromatic carbocycles. The Labute approximate surface area is 184 Å². The van der Waals surface area contributed by atoms with E-state index in [1.165, 1.54) is 12.1 Å². The molecule has 1 aliphatic rings. The number of hydrogen-bond donors (Lipinski definition) is 2. The Hall–Kier alpha value is -3.86. The van der Waals surface area contributed by atoms with Gasteiger partial charge in [-0.05, 0) is 55.3 Å². The van der Waals surface area contributed by atoms with Crippen molar-refractivity contribution in [2.45, 2.75) is 19.3 Å². The Morgan fingerprint density at radius 1 is 0.938 bits per heavy atom. The topological polar surface area (TPSA) is 51.9 Å². The van der Waals surface area contributed by atoms with Crippen LogP contribution in [0.25, 0.3) is 21.8 Å². The summed E-state index contributed by atoms with van der Waals surface area (Å²) in [5, 5.41) is 1.82. The van der Waals surface area contributed by atoms with E-state index in [4.69, 9.17) is 0 Å². The van der Waals surface area contributed by atoms with Gasteiger partial charge in [-0.15, -0.1) is 0 Å². The lowest BCUT2D eigenvalue weighted by Crippen LogP contribution is -2.41. The SMILES string of the molecule is Cc1cccc2[nH]c([C@]3(c4c[nH]c5ccc(F)cc45)C(=O)N(C)c4ccccc43)c(C)c12. The number of aromatic nitrogens is 2. The molecular weight excluding hydrogens is 401 g/mol. The molecule has 0 aliphatic carbocycles. The molecule has 0 fully saturated rings. The van der Waals surface area contributed by atoms with E-state index < -0.39 is 5.41 Å². The summed E-state index contributed by atoms with van der Waals surface area (Å²) in [7, 11) is 1.81. The number of H-pyrrole nitrogens is 2. The number of hydrogen-bond acceptors (Lipinski definition) is 1. The van der Waals surface area contributed by atoms with Crippen molar-refractivity contribution in [2.75, 3.05) is 11.9 Å². The first-order valence-electron chi connectivity index (χ1n) is 10.7. The third kappa shape index (κ3) is 2.18. The summed E-state index contributed by atoms with van der Waals surface area (Å²) in [5.74, 6) is -0.388. The van der Waals surface area contributed by atoms with Crippen LogP contribution in [0.1, 0.15) is 27.9 Å². The number of aromatic amines is 2. The summed E-state index contributed by atoms with van der Waals surface area (Å²) in [6, 6.07) is 18.7. The number of anilines is 1. The van der Waals surface area contributed by atoms with E-state index in [9.17, 15) is 9.18 Å². The minimum Gasteiger partial charge on any atom is -0.361 e. The van der Waals surface area contributed by atoms with Crippen LogP contribution >= 0.6 is 0 Å². The van der Waals surface area contributed by atoms with E-state index >= 15 is 0 Å². The molecule has 6 rings (SSSR count). The fourth-order valence-corrected chi connectivity index (χ4v) is 5.60. The van der Waals surface area contributed by atoms with Crippen LogP contribution in [-0.2, 0) is 10.2 Å². The fraction of sp³-hybridized carbons (Fsp3) is 0.148. The van der Waals surface area contributed by atoms with Gasteiger partial charge in [-0.1, -0.05) is 30.3 Å². The molecule has 2 aromatic heterocycles. The second-order valence-corrected chi connectivity index (χ2v) is 8.65. The van der Waals surface area contributed by atoms with Gasteiger partial charge in [0.1, 0.15) is 11.2 Å². The predicted octanol–water partition coefficient (Wildman–Crippen LogP) is 5.72. The first-order valence-corrected chi connectivity index (χ1v) is 10.7. The third-order valence-electron chi connectivity index (χ3n) is 7.00. The number of aryl methyl sites for hydroxylation is 2. The van der Waals surface area contributed by atoms with Gasteiger partial charge >= 0.3 is 0 Å². The number of amides is 1. The molecule has 3 heterocycles. The average Bonchev–Trinajstić information content (AvgIpc) is 3.42. The first-order chi connectivity index (χ1) is 15.4. The predicted molar refractivity (Wildman–Crippen MR) is 126 cm³/mol. The number of halogens is 1. The molecule has 32 heavy (non-hydrogen) atoms. The van der Waals surface area contributed by atoms with Crippen molar-refractivity contribution in [3.63, 3.8) is 0 Å². The Kier molecular flexibility index (Phi) is 3.73. The van der Waals surface area contributed by atoms with Crippen molar-refractivity contribution in [2.24, 2.45) is 0 Å². The zero-order chi connectivity index (χ0) is 22.2. The quantitative estimate of drug-likeness (QED) is 0.375. The Morgan fingerprint density at radius 3 is 2.56 bits per heavy atom. The highest BCUT2D eigenvalue weighted by molar-refractivity contribution is 6.15. The molecule has 0 unspecified atom stereocenters. The van der Waals surface area contributed by atoms with E-state index in [1.807, 2.05) is 49.6 Å². The van der Waals surface area contributed by atoms with Crippen LogP contribution in [0, 0.1) is 19.7 Å². The van der Waals surface area contributed by atoms with Crippen molar-refractivity contribution in [1.29, 1.82) is 0 Å². The molecule has 158 valence electrons. The molecule has 0 spiro atoms. The fourth-order valence-electron chi connectivity index (χ4n) is 5.60. The molecule has 0 saturated heterocycles. The molecule has 1 atom stereocenters. The van der Waals surface area contributed by atoms with Gasteiger partial charge in [-0.2, -0.15) is 0 Å². The van der Waals surface area contributed by atoms with E-state index in [-0.39, 0.29) is 11.7 Å². The number of fused-ring (bicyclic) bond motifs is 3. The highest BCUT2D eigenvalue weighted by Crippen LogP contribution is 2.52. The molecule has 1 amide bonds. The van der Waals surface area contributed by atoms with Gasteiger partial charge in [0.25, 0.3) is 0 Å². The lowest BCUT2D eigenvalue weighted by molar-refractivity contribution is -0.120. The van der Waals surface area contributed by atoms with Gasteiger partial charge in [0.05, 0.1) is 0 Å². The molecule has 0 radical (unpaired) electrons. The van der Waals surface area contributed by atoms with Crippen molar-refractivity contribution in [1.82, 2.24) is 9.97 Å². The summed E-state index contributed by atoms with van der Waals surface area (Å²) >= 11 is 0. The first kappa shape index (κ1) is 18.9. The standard InChI is InChI=1S/C27H22FN3O/c1-15-7-6-9-22-24(15)16(2)25(30-22)27(19-8-4-5-10-23(19)31(3)26(27)32)20-14-29-21-12-11-17(28)13-18(20)21/h4-14,29-30H,1-3H3/t27-/m0/s1. The Bertz CT molecular complexity index is 1560. The average molecular weight is 423 g/mol. The Morgan fingerprint density at radius 2 is 1.75 bits per heavy atom. The Balaban J connectivity index is 1.82. The number of nitrogens with zero attached hydrogens (tertiary/aromatic N) is 1. The van der Waals surface area contributed by atoms with E-state index in [0.29, 0.717) is 5.39 Å². The van der Waals surface area contributed by atoms with Crippen molar-refractivity contribution >= 4 is 33.4 Å². The summed E-state index contributed by atoms with van der Waals surface area (Å²) in [6.07, 6.45) is 1.86. The van der Waals surface area contributed by atoms with Gasteiger partial charge in [0.2, 0.25) is 5.91 Å². The summed E-state index contributed by atoms with van der Waals surface area (Å²) in [4.78, 5) is 22.8. The monoisotopic (exact) mass is 423 g/mol. The smallest absolute Gasteiger partial charge is 0.248 e. The van der Waals surface area contributed by atoms with Crippen molar-refractivity contribution in [3.8, 4) is 0 Å². The van der Waals surface area contributed by atoms with Gasteiger partial charge in [0, 0.05) is 57.6 Å². The minimum atomic E-state index is -1.12. The number of likely N-dealkylation sites (N-methyl/N-ethyl adjacent to an activating group) is 1. The normalized spacial score (nSPS) is 18.1. The van der Waals surface area contributed by atoms with Crippen LogP contribution in [0.4, 0.5) is 10.1 Å². The van der Waals surface area contributed by atoms with Crippen molar-refractivity contribution < 1.29 is 9.18 Å². The number of nitrogens with one attached hydrogen (secondary N) is 2. The highest BCUT2D eigenvalue weighted by atomic mass is 19.1. The minimum absolute atomic E-state index is 0.0591. The number of carbonyl (C=O) groups is 1. The molecule has 2 N–H and O–H groups in total. The lowest BCUT2D eigenvalue weighted by Gasteiger charge is -2.29. The summed E-state index contributed by atoms with van der Waals surface area (Å²) in [6.45, 7) is 4.14. The van der Waals surface area contributed by atoms with Crippen LogP contribution in [0.5, 0.6) is 0 Å². The molecule has 5 aromatic rings. The molecule has 0 saturated carbocycles. The van der Waals surface area contributed by atoms with Crippen LogP contribution < -0.4 is 4.90 Å². The largest absolute Gasteiger partial charge is 0.361 e. The molecule has 0 bridgehead atoms. The van der Waals surface area contributed by atoms with Gasteiger partial charge in [0.15, 0.2) is 0 Å². The van der Waals surface area contributed by atoms with E-state index in [1.54, 1.807) is 11.0 Å². The van der Waals surface area contributed by atoms with E-state index in [0.717, 1.165) is 50.1 Å².